The van der Waals surface area contributed by atoms with Gasteiger partial charge >= 0.3 is 0 Å². The van der Waals surface area contributed by atoms with Crippen LogP contribution in [-0.4, -0.2) is 28.4 Å². The molecule has 0 spiro atoms. The quantitative estimate of drug-likeness (QED) is 0.813. The van der Waals surface area contributed by atoms with Gasteiger partial charge in [-0.05, 0) is 24.8 Å². The molecule has 1 saturated heterocycles. The lowest BCUT2D eigenvalue weighted by atomic mass is 10.0. The minimum atomic E-state index is 0.157. The predicted octanol–water partition coefficient (Wildman–Crippen LogP) is 2.93. The van der Waals surface area contributed by atoms with Crippen LogP contribution in [0, 0.1) is 0 Å². The van der Waals surface area contributed by atoms with Gasteiger partial charge in [0, 0.05) is 31.8 Å². The van der Waals surface area contributed by atoms with Crippen LogP contribution in [0.4, 0.5) is 5.82 Å². The third-order valence-electron chi connectivity index (χ3n) is 4.63. The van der Waals surface area contributed by atoms with Crippen LogP contribution in [0.15, 0.2) is 40.3 Å². The van der Waals surface area contributed by atoms with Gasteiger partial charge in [-0.1, -0.05) is 42.1 Å². The van der Waals surface area contributed by atoms with Crippen molar-refractivity contribution in [2.75, 3.05) is 23.7 Å². The van der Waals surface area contributed by atoms with Crippen LogP contribution in [0.25, 0.3) is 0 Å². The maximum Gasteiger partial charge on any atom is 0.259 e. The smallest absolute Gasteiger partial charge is 0.259 e. The first kappa shape index (κ1) is 14.8. The number of thioether (sulfide) groups is 1. The normalized spacial score (nSPS) is 17.3. The van der Waals surface area contributed by atoms with E-state index in [9.17, 15) is 4.79 Å². The number of benzene rings is 1. The number of piperidine rings is 1. The van der Waals surface area contributed by atoms with Crippen molar-refractivity contribution in [1.82, 2.24) is 9.55 Å². The zero-order valence-corrected chi connectivity index (χ0v) is 14.0. The van der Waals surface area contributed by atoms with Crippen molar-refractivity contribution in [3.63, 3.8) is 0 Å². The molecule has 4 rings (SSSR count). The molecule has 0 saturated carbocycles. The maximum absolute atomic E-state index is 13.0. The van der Waals surface area contributed by atoms with E-state index >= 15 is 0 Å². The summed E-state index contributed by atoms with van der Waals surface area (Å²) >= 11 is 1.70. The van der Waals surface area contributed by atoms with Crippen molar-refractivity contribution in [1.29, 1.82) is 0 Å². The maximum atomic E-state index is 13.0. The van der Waals surface area contributed by atoms with Crippen molar-refractivity contribution < 1.29 is 0 Å². The van der Waals surface area contributed by atoms with E-state index in [4.69, 9.17) is 4.98 Å². The monoisotopic (exact) mass is 327 g/mol. The summed E-state index contributed by atoms with van der Waals surface area (Å²) < 4.78 is 1.86. The Kier molecular flexibility index (Phi) is 4.12. The SMILES string of the molecule is O=c1c(Cc2ccccc2)c(N2CCCCC2)nc2n1CCS2. The van der Waals surface area contributed by atoms with Gasteiger partial charge in [-0.3, -0.25) is 9.36 Å². The van der Waals surface area contributed by atoms with Gasteiger partial charge in [0.05, 0.1) is 5.56 Å². The molecule has 1 aromatic carbocycles. The summed E-state index contributed by atoms with van der Waals surface area (Å²) in [4.78, 5) is 20.2. The molecule has 0 unspecified atom stereocenters. The van der Waals surface area contributed by atoms with Crippen molar-refractivity contribution in [3.05, 3.63) is 51.8 Å². The lowest BCUT2D eigenvalue weighted by molar-refractivity contribution is 0.561. The predicted molar refractivity (Wildman–Crippen MR) is 94.5 cm³/mol. The van der Waals surface area contributed by atoms with Crippen molar-refractivity contribution in [2.45, 2.75) is 37.4 Å². The summed E-state index contributed by atoms with van der Waals surface area (Å²) in [7, 11) is 0. The number of aromatic nitrogens is 2. The van der Waals surface area contributed by atoms with E-state index < -0.39 is 0 Å². The van der Waals surface area contributed by atoms with E-state index in [1.54, 1.807) is 11.8 Å². The van der Waals surface area contributed by atoms with Gasteiger partial charge in [0.15, 0.2) is 5.16 Å². The molecule has 0 bridgehead atoms. The lowest BCUT2D eigenvalue weighted by Gasteiger charge is -2.29. The van der Waals surface area contributed by atoms with Crippen LogP contribution in [0.5, 0.6) is 0 Å². The second-order valence-electron chi connectivity index (χ2n) is 6.21. The highest BCUT2D eigenvalue weighted by Gasteiger charge is 2.24. The first-order valence-corrected chi connectivity index (χ1v) is 9.37. The van der Waals surface area contributed by atoms with Gasteiger partial charge in [0.25, 0.3) is 5.56 Å². The Morgan fingerprint density at radius 1 is 1.04 bits per heavy atom. The van der Waals surface area contributed by atoms with Gasteiger partial charge in [-0.2, -0.15) is 0 Å². The highest BCUT2D eigenvalue weighted by Crippen LogP contribution is 2.28. The topological polar surface area (TPSA) is 38.1 Å². The Morgan fingerprint density at radius 2 is 1.83 bits per heavy atom. The van der Waals surface area contributed by atoms with E-state index in [-0.39, 0.29) is 5.56 Å². The first-order chi connectivity index (χ1) is 11.3. The van der Waals surface area contributed by atoms with Gasteiger partial charge in [0.1, 0.15) is 5.82 Å². The fourth-order valence-electron chi connectivity index (χ4n) is 3.42. The van der Waals surface area contributed by atoms with Gasteiger partial charge in [0.2, 0.25) is 0 Å². The summed E-state index contributed by atoms with van der Waals surface area (Å²) in [6, 6.07) is 10.3. The molecule has 5 heteroatoms. The Balaban J connectivity index is 1.79. The molecule has 1 fully saturated rings. The summed E-state index contributed by atoms with van der Waals surface area (Å²) in [6.07, 6.45) is 4.34. The van der Waals surface area contributed by atoms with Crippen LogP contribution in [0.1, 0.15) is 30.4 Å². The molecular weight excluding hydrogens is 306 g/mol. The molecule has 1 aromatic heterocycles. The highest BCUT2D eigenvalue weighted by atomic mass is 32.2. The Bertz CT molecular complexity index is 751. The van der Waals surface area contributed by atoms with Gasteiger partial charge < -0.3 is 4.90 Å². The third kappa shape index (κ3) is 2.90. The molecular formula is C18H21N3OS. The summed E-state index contributed by atoms with van der Waals surface area (Å²) in [5, 5.41) is 0.896. The number of hydrogen-bond donors (Lipinski definition) is 0. The standard InChI is InChI=1S/C18H21N3OS/c22-17-15(13-14-7-3-1-4-8-14)16(20-9-5-2-6-10-20)19-18-21(17)11-12-23-18/h1,3-4,7-8H,2,5-6,9-13H2. The fraction of sp³-hybridized carbons (Fsp3) is 0.444. The minimum Gasteiger partial charge on any atom is -0.356 e. The summed E-state index contributed by atoms with van der Waals surface area (Å²) in [5.41, 5.74) is 2.20. The van der Waals surface area contributed by atoms with Crippen LogP contribution in [0.2, 0.25) is 0 Å². The minimum absolute atomic E-state index is 0.157. The van der Waals surface area contributed by atoms with Crippen molar-refractivity contribution in [3.8, 4) is 0 Å². The number of hydrogen-bond acceptors (Lipinski definition) is 4. The van der Waals surface area contributed by atoms with Crippen molar-refractivity contribution in [2.24, 2.45) is 0 Å². The second kappa shape index (κ2) is 6.40. The van der Waals surface area contributed by atoms with Gasteiger partial charge in [-0.15, -0.1) is 0 Å². The Labute approximate surface area is 140 Å². The Morgan fingerprint density at radius 3 is 2.61 bits per heavy atom. The van der Waals surface area contributed by atoms with E-state index in [0.717, 1.165) is 41.9 Å². The van der Waals surface area contributed by atoms with Crippen LogP contribution >= 0.6 is 11.8 Å². The van der Waals surface area contributed by atoms with E-state index in [1.807, 2.05) is 22.8 Å². The van der Waals surface area contributed by atoms with Crippen molar-refractivity contribution >= 4 is 17.6 Å². The highest BCUT2D eigenvalue weighted by molar-refractivity contribution is 7.99. The molecule has 23 heavy (non-hydrogen) atoms. The van der Waals surface area contributed by atoms with Crippen LogP contribution < -0.4 is 10.5 Å². The number of rotatable bonds is 3. The van der Waals surface area contributed by atoms with E-state index in [2.05, 4.69) is 17.0 Å². The first-order valence-electron chi connectivity index (χ1n) is 8.38. The molecule has 0 N–H and O–H groups in total. The molecule has 4 nitrogen and oxygen atoms in total. The van der Waals surface area contributed by atoms with Gasteiger partial charge in [-0.25, -0.2) is 4.98 Å². The van der Waals surface area contributed by atoms with Crippen LogP contribution in [-0.2, 0) is 13.0 Å². The molecule has 0 radical (unpaired) electrons. The molecule has 0 amide bonds. The zero-order valence-electron chi connectivity index (χ0n) is 13.2. The molecule has 0 atom stereocenters. The largest absolute Gasteiger partial charge is 0.356 e. The fourth-order valence-corrected chi connectivity index (χ4v) is 4.36. The average molecular weight is 327 g/mol. The average Bonchev–Trinajstić information content (AvgIpc) is 3.08. The molecule has 2 aliphatic heterocycles. The molecule has 2 aliphatic rings. The number of nitrogens with zero attached hydrogens (tertiary/aromatic N) is 3. The molecule has 120 valence electrons. The third-order valence-corrected chi connectivity index (χ3v) is 5.59. The van der Waals surface area contributed by atoms with E-state index in [0.29, 0.717) is 6.42 Å². The summed E-state index contributed by atoms with van der Waals surface area (Å²) in [6.45, 7) is 2.82. The summed E-state index contributed by atoms with van der Waals surface area (Å²) in [5.74, 6) is 1.88. The van der Waals surface area contributed by atoms with Crippen LogP contribution in [0.3, 0.4) is 0 Å². The molecule has 3 heterocycles. The Hall–Kier alpha value is -1.75. The molecule has 2 aromatic rings. The van der Waals surface area contributed by atoms with E-state index in [1.165, 1.54) is 24.8 Å². The number of anilines is 1. The zero-order chi connectivity index (χ0) is 15.6. The second-order valence-corrected chi connectivity index (χ2v) is 7.27. The number of fused-ring (bicyclic) bond motifs is 1. The lowest BCUT2D eigenvalue weighted by Crippen LogP contribution is -2.35. The molecule has 0 aliphatic carbocycles.